The van der Waals surface area contributed by atoms with E-state index in [9.17, 15) is 9.59 Å². The quantitative estimate of drug-likeness (QED) is 0.598. The Morgan fingerprint density at radius 2 is 1.95 bits per heavy atom. The molecule has 0 bridgehead atoms. The zero-order valence-corrected chi connectivity index (χ0v) is 12.5. The van der Waals surface area contributed by atoms with Crippen molar-refractivity contribution in [2.24, 2.45) is 0 Å². The molecule has 19 heavy (non-hydrogen) atoms. The first-order valence-electron chi connectivity index (χ1n) is 5.79. The fraction of sp³-hybridized carbons (Fsp3) is 0.385. The molecule has 0 saturated heterocycles. The molecule has 0 saturated carbocycles. The Labute approximate surface area is 122 Å². The lowest BCUT2D eigenvalue weighted by molar-refractivity contribution is -0.146. The molecule has 0 atom stereocenters. The Hall–Kier alpha value is -1.20. The lowest BCUT2D eigenvalue weighted by Crippen LogP contribution is -2.37. The standard InChI is InChI=1S/C13H16ClNO3S/c1-3-15(8-13(17)18-2)12(16)9-19-11-6-4-10(14)5-7-11/h4-7H,3,8-9H2,1-2H3. The number of esters is 1. The monoisotopic (exact) mass is 301 g/mol. The summed E-state index contributed by atoms with van der Waals surface area (Å²) < 4.78 is 4.55. The van der Waals surface area contributed by atoms with Crippen molar-refractivity contribution < 1.29 is 14.3 Å². The molecular weight excluding hydrogens is 286 g/mol. The lowest BCUT2D eigenvalue weighted by Gasteiger charge is -2.19. The molecular formula is C13H16ClNO3S. The van der Waals surface area contributed by atoms with E-state index in [-0.39, 0.29) is 18.2 Å². The summed E-state index contributed by atoms with van der Waals surface area (Å²) in [5.74, 6) is -0.216. The van der Waals surface area contributed by atoms with Crippen LogP contribution in [0.25, 0.3) is 0 Å². The number of amides is 1. The highest BCUT2D eigenvalue weighted by Gasteiger charge is 2.15. The van der Waals surface area contributed by atoms with Gasteiger partial charge in [-0.15, -0.1) is 11.8 Å². The van der Waals surface area contributed by atoms with Gasteiger partial charge >= 0.3 is 5.97 Å². The van der Waals surface area contributed by atoms with Crippen molar-refractivity contribution in [3.63, 3.8) is 0 Å². The van der Waals surface area contributed by atoms with Gasteiger partial charge in [-0.05, 0) is 31.2 Å². The zero-order valence-electron chi connectivity index (χ0n) is 10.9. The average Bonchev–Trinajstić information content (AvgIpc) is 2.43. The van der Waals surface area contributed by atoms with E-state index in [1.54, 1.807) is 12.1 Å². The Balaban J connectivity index is 2.48. The highest BCUT2D eigenvalue weighted by molar-refractivity contribution is 8.00. The van der Waals surface area contributed by atoms with Crippen molar-refractivity contribution in [2.75, 3.05) is 26.0 Å². The van der Waals surface area contributed by atoms with E-state index in [4.69, 9.17) is 11.6 Å². The summed E-state index contributed by atoms with van der Waals surface area (Å²) in [4.78, 5) is 25.5. The van der Waals surface area contributed by atoms with Crippen LogP contribution in [0.2, 0.25) is 5.02 Å². The van der Waals surface area contributed by atoms with E-state index in [2.05, 4.69) is 4.74 Å². The number of carbonyl (C=O) groups is 2. The molecule has 0 N–H and O–H groups in total. The summed E-state index contributed by atoms with van der Waals surface area (Å²) in [6.07, 6.45) is 0. The average molecular weight is 302 g/mol. The Bertz CT molecular complexity index is 436. The summed E-state index contributed by atoms with van der Waals surface area (Å²) in [7, 11) is 1.31. The number of hydrogen-bond acceptors (Lipinski definition) is 4. The molecule has 0 spiro atoms. The van der Waals surface area contributed by atoms with Crippen molar-refractivity contribution in [1.29, 1.82) is 0 Å². The van der Waals surface area contributed by atoms with E-state index in [0.717, 1.165) is 4.90 Å². The maximum atomic E-state index is 11.9. The molecule has 1 aromatic rings. The number of rotatable bonds is 6. The van der Waals surface area contributed by atoms with E-state index in [1.807, 2.05) is 19.1 Å². The van der Waals surface area contributed by atoms with E-state index in [1.165, 1.54) is 23.8 Å². The van der Waals surface area contributed by atoms with Gasteiger partial charge in [-0.2, -0.15) is 0 Å². The van der Waals surface area contributed by atoms with Gasteiger partial charge in [-0.25, -0.2) is 0 Å². The number of nitrogens with zero attached hydrogens (tertiary/aromatic N) is 1. The van der Waals surface area contributed by atoms with Crippen molar-refractivity contribution in [2.45, 2.75) is 11.8 Å². The number of thioether (sulfide) groups is 1. The number of benzene rings is 1. The van der Waals surface area contributed by atoms with Crippen LogP contribution in [0.5, 0.6) is 0 Å². The molecule has 6 heteroatoms. The van der Waals surface area contributed by atoms with Crippen LogP contribution in [0, 0.1) is 0 Å². The predicted octanol–water partition coefficient (Wildman–Crippen LogP) is 2.45. The molecule has 0 aliphatic heterocycles. The molecule has 1 aromatic carbocycles. The Morgan fingerprint density at radius 1 is 1.32 bits per heavy atom. The number of carbonyl (C=O) groups excluding carboxylic acids is 2. The molecule has 1 amide bonds. The predicted molar refractivity (Wildman–Crippen MR) is 76.4 cm³/mol. The largest absolute Gasteiger partial charge is 0.468 e. The van der Waals surface area contributed by atoms with Crippen LogP contribution in [0.3, 0.4) is 0 Å². The van der Waals surface area contributed by atoms with Crippen LogP contribution in [-0.4, -0.2) is 42.7 Å². The summed E-state index contributed by atoms with van der Waals surface area (Å²) in [6, 6.07) is 7.27. The van der Waals surface area contributed by atoms with Crippen molar-refractivity contribution in [3.05, 3.63) is 29.3 Å². The fourth-order valence-electron chi connectivity index (χ4n) is 1.36. The van der Waals surface area contributed by atoms with Crippen LogP contribution < -0.4 is 0 Å². The molecule has 0 heterocycles. The molecule has 0 fully saturated rings. The first-order valence-corrected chi connectivity index (χ1v) is 7.16. The number of ether oxygens (including phenoxy) is 1. The minimum absolute atomic E-state index is 0.00693. The minimum Gasteiger partial charge on any atom is -0.468 e. The molecule has 4 nitrogen and oxygen atoms in total. The third-order valence-corrected chi connectivity index (χ3v) is 3.71. The molecule has 0 aliphatic rings. The number of likely N-dealkylation sites (N-methyl/N-ethyl adjacent to an activating group) is 1. The van der Waals surface area contributed by atoms with Gasteiger partial charge in [0.1, 0.15) is 6.54 Å². The third kappa shape index (κ3) is 5.53. The Kier molecular flexibility index (Phi) is 6.73. The fourth-order valence-corrected chi connectivity index (χ4v) is 2.29. The second-order valence-corrected chi connectivity index (χ2v) is 5.21. The van der Waals surface area contributed by atoms with Crippen molar-refractivity contribution >= 4 is 35.2 Å². The number of halogens is 1. The van der Waals surface area contributed by atoms with Gasteiger partial charge in [0.15, 0.2) is 0 Å². The van der Waals surface area contributed by atoms with Crippen LogP contribution in [0.1, 0.15) is 6.92 Å². The first-order chi connectivity index (χ1) is 9.06. The smallest absolute Gasteiger partial charge is 0.325 e. The summed E-state index contributed by atoms with van der Waals surface area (Å²) in [5, 5.41) is 0.663. The summed E-state index contributed by atoms with van der Waals surface area (Å²) >= 11 is 7.20. The van der Waals surface area contributed by atoms with Gasteiger partial charge in [0, 0.05) is 16.5 Å². The second kappa shape index (κ2) is 8.07. The van der Waals surface area contributed by atoms with Crippen molar-refractivity contribution in [3.8, 4) is 0 Å². The SMILES string of the molecule is CCN(CC(=O)OC)C(=O)CSc1ccc(Cl)cc1. The lowest BCUT2D eigenvalue weighted by atomic mass is 10.4. The normalized spacial score (nSPS) is 10.1. The minimum atomic E-state index is -0.410. The summed E-state index contributed by atoms with van der Waals surface area (Å²) in [6.45, 7) is 2.30. The van der Waals surface area contributed by atoms with Crippen LogP contribution in [0.4, 0.5) is 0 Å². The van der Waals surface area contributed by atoms with E-state index < -0.39 is 5.97 Å². The topological polar surface area (TPSA) is 46.6 Å². The Morgan fingerprint density at radius 3 is 2.47 bits per heavy atom. The number of methoxy groups -OCH3 is 1. The molecule has 0 unspecified atom stereocenters. The molecule has 0 aromatic heterocycles. The van der Waals surface area contributed by atoms with Gasteiger partial charge in [-0.3, -0.25) is 9.59 Å². The highest BCUT2D eigenvalue weighted by Crippen LogP contribution is 2.20. The number of hydrogen-bond donors (Lipinski definition) is 0. The molecule has 104 valence electrons. The molecule has 0 aliphatic carbocycles. The summed E-state index contributed by atoms with van der Waals surface area (Å²) in [5.41, 5.74) is 0. The molecule has 0 radical (unpaired) electrons. The zero-order chi connectivity index (χ0) is 14.3. The van der Waals surface area contributed by atoms with Gasteiger partial charge in [0.25, 0.3) is 0 Å². The van der Waals surface area contributed by atoms with Crippen LogP contribution >= 0.6 is 23.4 Å². The van der Waals surface area contributed by atoms with Crippen molar-refractivity contribution in [1.82, 2.24) is 4.90 Å². The van der Waals surface area contributed by atoms with E-state index >= 15 is 0 Å². The van der Waals surface area contributed by atoms with Gasteiger partial charge in [0.2, 0.25) is 5.91 Å². The van der Waals surface area contributed by atoms with Gasteiger partial charge < -0.3 is 9.64 Å². The maximum Gasteiger partial charge on any atom is 0.325 e. The van der Waals surface area contributed by atoms with Gasteiger partial charge in [-0.1, -0.05) is 11.6 Å². The van der Waals surface area contributed by atoms with Gasteiger partial charge in [0.05, 0.1) is 12.9 Å². The first kappa shape index (κ1) is 15.9. The van der Waals surface area contributed by atoms with Crippen LogP contribution in [0.15, 0.2) is 29.2 Å². The maximum absolute atomic E-state index is 11.9. The second-order valence-electron chi connectivity index (χ2n) is 3.73. The van der Waals surface area contributed by atoms with E-state index in [0.29, 0.717) is 11.6 Å². The third-order valence-electron chi connectivity index (χ3n) is 2.46. The van der Waals surface area contributed by atoms with Crippen LogP contribution in [-0.2, 0) is 14.3 Å². The highest BCUT2D eigenvalue weighted by atomic mass is 35.5. The molecule has 1 rings (SSSR count).